The second-order valence-corrected chi connectivity index (χ2v) is 7.76. The molecular formula is C22H24N2O. The number of hydrogen-bond donors (Lipinski definition) is 0. The van der Waals surface area contributed by atoms with Gasteiger partial charge in [0.2, 0.25) is 5.91 Å². The van der Waals surface area contributed by atoms with Crippen LogP contribution < -0.4 is 0 Å². The Hall–Kier alpha value is -2.13. The molecule has 2 saturated heterocycles. The maximum Gasteiger partial charge on any atom is 0.239 e. The first-order valence-electron chi connectivity index (χ1n) is 9.45. The smallest absolute Gasteiger partial charge is 0.239 e. The Morgan fingerprint density at radius 1 is 1.08 bits per heavy atom. The van der Waals surface area contributed by atoms with Gasteiger partial charge in [0.15, 0.2) is 0 Å². The summed E-state index contributed by atoms with van der Waals surface area (Å²) in [6.07, 6.45) is 3.35. The van der Waals surface area contributed by atoms with E-state index in [9.17, 15) is 4.79 Å². The Bertz CT molecular complexity index is 844. The quantitative estimate of drug-likeness (QED) is 0.717. The third kappa shape index (κ3) is 2.41. The largest absolute Gasteiger partial charge is 0.337 e. The maximum atomic E-state index is 12.6. The summed E-state index contributed by atoms with van der Waals surface area (Å²) in [5.41, 5.74) is 6.95. The molecule has 3 heteroatoms. The van der Waals surface area contributed by atoms with Crippen LogP contribution in [0, 0.1) is 0 Å². The lowest BCUT2D eigenvalue weighted by Crippen LogP contribution is -2.58. The highest BCUT2D eigenvalue weighted by atomic mass is 16.2. The number of piperazine rings is 1. The number of fused-ring (bicyclic) bond motifs is 4. The van der Waals surface area contributed by atoms with Gasteiger partial charge in [-0.1, -0.05) is 42.5 Å². The van der Waals surface area contributed by atoms with E-state index >= 15 is 0 Å². The molecule has 0 saturated carbocycles. The van der Waals surface area contributed by atoms with Crippen LogP contribution in [0.5, 0.6) is 0 Å². The van der Waals surface area contributed by atoms with E-state index in [2.05, 4.69) is 59.2 Å². The molecule has 0 spiro atoms. The SMILES string of the molecule is C[C@H]1C(=O)N2CCC[C@H]2CN1Cc1ccc2c(c1)Cc1ccccc1-2. The van der Waals surface area contributed by atoms with Gasteiger partial charge in [-0.05, 0) is 54.0 Å². The minimum atomic E-state index is -0.000184. The van der Waals surface area contributed by atoms with Gasteiger partial charge in [0.25, 0.3) is 0 Å². The minimum absolute atomic E-state index is 0.000184. The Balaban J connectivity index is 1.39. The average molecular weight is 332 g/mol. The number of benzene rings is 2. The van der Waals surface area contributed by atoms with Crippen molar-refractivity contribution in [2.24, 2.45) is 0 Å². The molecule has 0 radical (unpaired) electrons. The third-order valence-electron chi connectivity index (χ3n) is 6.25. The first kappa shape index (κ1) is 15.2. The van der Waals surface area contributed by atoms with Crippen molar-refractivity contribution in [1.82, 2.24) is 9.80 Å². The highest BCUT2D eigenvalue weighted by Crippen LogP contribution is 2.37. The number of carbonyl (C=O) groups excluding carboxylic acids is 1. The van der Waals surface area contributed by atoms with Crippen molar-refractivity contribution in [2.75, 3.05) is 13.1 Å². The summed E-state index contributed by atoms with van der Waals surface area (Å²) >= 11 is 0. The van der Waals surface area contributed by atoms with Gasteiger partial charge < -0.3 is 4.90 Å². The van der Waals surface area contributed by atoms with E-state index in [0.29, 0.717) is 11.9 Å². The van der Waals surface area contributed by atoms with Crippen molar-refractivity contribution in [2.45, 2.75) is 44.8 Å². The molecule has 3 aliphatic rings. The van der Waals surface area contributed by atoms with Gasteiger partial charge in [0.05, 0.1) is 6.04 Å². The van der Waals surface area contributed by atoms with Crippen LogP contribution in [0.3, 0.4) is 0 Å². The highest BCUT2D eigenvalue weighted by Gasteiger charge is 2.40. The van der Waals surface area contributed by atoms with Gasteiger partial charge >= 0.3 is 0 Å². The zero-order valence-electron chi connectivity index (χ0n) is 14.7. The molecule has 2 fully saturated rings. The molecule has 0 unspecified atom stereocenters. The number of carbonyl (C=O) groups is 1. The summed E-state index contributed by atoms with van der Waals surface area (Å²) in [5.74, 6) is 0.322. The monoisotopic (exact) mass is 332 g/mol. The third-order valence-corrected chi connectivity index (χ3v) is 6.25. The first-order valence-corrected chi connectivity index (χ1v) is 9.45. The number of amides is 1. The summed E-state index contributed by atoms with van der Waals surface area (Å²) in [6.45, 7) is 4.92. The Kier molecular flexibility index (Phi) is 3.46. The second kappa shape index (κ2) is 5.70. The molecule has 0 bridgehead atoms. The molecule has 2 heterocycles. The highest BCUT2D eigenvalue weighted by molar-refractivity contribution is 5.83. The maximum absolute atomic E-state index is 12.6. The first-order chi connectivity index (χ1) is 12.2. The van der Waals surface area contributed by atoms with E-state index in [4.69, 9.17) is 0 Å². The van der Waals surface area contributed by atoms with Gasteiger partial charge in [-0.15, -0.1) is 0 Å². The molecule has 2 aliphatic heterocycles. The van der Waals surface area contributed by atoms with Gasteiger partial charge in [-0.3, -0.25) is 9.69 Å². The van der Waals surface area contributed by atoms with Crippen molar-refractivity contribution in [1.29, 1.82) is 0 Å². The molecule has 25 heavy (non-hydrogen) atoms. The standard InChI is InChI=1S/C22H24N2O/c1-15-22(25)24-10-4-6-19(24)14-23(15)13-16-8-9-21-18(11-16)12-17-5-2-3-7-20(17)21/h2-3,5,7-9,11,15,19H,4,6,10,12-14H2,1H3/t15-,19-/m0/s1. The van der Waals surface area contributed by atoms with Crippen molar-refractivity contribution in [3.05, 3.63) is 59.2 Å². The zero-order chi connectivity index (χ0) is 17.0. The Morgan fingerprint density at radius 2 is 1.92 bits per heavy atom. The van der Waals surface area contributed by atoms with Crippen LogP contribution in [-0.4, -0.2) is 40.9 Å². The van der Waals surface area contributed by atoms with Crippen molar-refractivity contribution in [3.8, 4) is 11.1 Å². The fourth-order valence-corrected chi connectivity index (χ4v) is 4.87. The van der Waals surface area contributed by atoms with E-state index in [1.54, 1.807) is 0 Å². The summed E-state index contributed by atoms with van der Waals surface area (Å²) in [5, 5.41) is 0. The molecule has 1 amide bonds. The van der Waals surface area contributed by atoms with Crippen LogP contribution in [0.1, 0.15) is 36.5 Å². The van der Waals surface area contributed by atoms with E-state index in [1.807, 2.05) is 0 Å². The van der Waals surface area contributed by atoms with E-state index < -0.39 is 0 Å². The molecule has 128 valence electrons. The molecule has 3 nitrogen and oxygen atoms in total. The Morgan fingerprint density at radius 3 is 2.84 bits per heavy atom. The molecule has 2 aromatic carbocycles. The normalized spacial score (nSPS) is 25.0. The summed E-state index contributed by atoms with van der Waals surface area (Å²) in [6, 6.07) is 16.0. The fourth-order valence-electron chi connectivity index (χ4n) is 4.87. The number of nitrogens with zero attached hydrogens (tertiary/aromatic N) is 2. The average Bonchev–Trinajstić information content (AvgIpc) is 3.23. The van der Waals surface area contributed by atoms with E-state index in [-0.39, 0.29) is 6.04 Å². The van der Waals surface area contributed by atoms with Gasteiger partial charge in [0.1, 0.15) is 0 Å². The lowest BCUT2D eigenvalue weighted by molar-refractivity contribution is -0.143. The van der Waals surface area contributed by atoms with Crippen LogP contribution in [0.2, 0.25) is 0 Å². The topological polar surface area (TPSA) is 23.6 Å². The second-order valence-electron chi connectivity index (χ2n) is 7.76. The zero-order valence-corrected chi connectivity index (χ0v) is 14.7. The van der Waals surface area contributed by atoms with Crippen molar-refractivity contribution < 1.29 is 4.79 Å². The molecule has 1 aliphatic carbocycles. The van der Waals surface area contributed by atoms with Gasteiger partial charge in [-0.25, -0.2) is 0 Å². The molecule has 2 atom stereocenters. The fraction of sp³-hybridized carbons (Fsp3) is 0.409. The lowest BCUT2D eigenvalue weighted by Gasteiger charge is -2.41. The van der Waals surface area contributed by atoms with Crippen LogP contribution in [-0.2, 0) is 17.8 Å². The summed E-state index contributed by atoms with van der Waals surface area (Å²) in [7, 11) is 0. The predicted molar refractivity (Wildman–Crippen MR) is 99.3 cm³/mol. The van der Waals surface area contributed by atoms with Crippen LogP contribution in [0.4, 0.5) is 0 Å². The van der Waals surface area contributed by atoms with Crippen molar-refractivity contribution in [3.63, 3.8) is 0 Å². The van der Waals surface area contributed by atoms with Crippen LogP contribution in [0.25, 0.3) is 11.1 Å². The van der Waals surface area contributed by atoms with E-state index in [1.165, 1.54) is 27.8 Å². The molecule has 0 N–H and O–H groups in total. The number of rotatable bonds is 2. The van der Waals surface area contributed by atoms with Gasteiger partial charge in [0, 0.05) is 25.7 Å². The van der Waals surface area contributed by atoms with Crippen LogP contribution >= 0.6 is 0 Å². The van der Waals surface area contributed by atoms with Crippen LogP contribution in [0.15, 0.2) is 42.5 Å². The van der Waals surface area contributed by atoms with E-state index in [0.717, 1.165) is 38.9 Å². The van der Waals surface area contributed by atoms with Gasteiger partial charge in [-0.2, -0.15) is 0 Å². The molecule has 5 rings (SSSR count). The molecule has 2 aromatic rings. The molecule has 0 aromatic heterocycles. The summed E-state index contributed by atoms with van der Waals surface area (Å²) in [4.78, 5) is 17.1. The lowest BCUT2D eigenvalue weighted by atomic mass is 10.0. The summed E-state index contributed by atoms with van der Waals surface area (Å²) < 4.78 is 0. The predicted octanol–water partition coefficient (Wildman–Crippen LogP) is 3.45. The number of hydrogen-bond acceptors (Lipinski definition) is 2. The Labute approximate surface area is 149 Å². The minimum Gasteiger partial charge on any atom is -0.337 e. The molecular weight excluding hydrogens is 308 g/mol. The van der Waals surface area contributed by atoms with Crippen molar-refractivity contribution >= 4 is 5.91 Å².